The SMILES string of the molecule is Cc1sc(=Nc2ccc(Cl)cc2)n(C)c1C(C)C(=O)O. The standard InChI is InChI=1S/C14H15ClN2O2S/c1-8(13(18)19)12-9(2)20-14(17(12)3)16-11-6-4-10(15)5-7-11/h4-8H,1-3H3,(H,18,19). The molecule has 0 bridgehead atoms. The Morgan fingerprint density at radius 1 is 1.40 bits per heavy atom. The third-order valence-corrected chi connectivity index (χ3v) is 4.40. The number of nitrogens with zero attached hydrogens (tertiary/aromatic N) is 2. The maximum absolute atomic E-state index is 11.2. The quantitative estimate of drug-likeness (QED) is 0.943. The van der Waals surface area contributed by atoms with E-state index in [2.05, 4.69) is 4.99 Å². The third kappa shape index (κ3) is 2.94. The first-order chi connectivity index (χ1) is 9.40. The van der Waals surface area contributed by atoms with E-state index >= 15 is 0 Å². The molecular formula is C14H15ClN2O2S. The second-order valence-electron chi connectivity index (χ2n) is 4.53. The highest BCUT2D eigenvalue weighted by atomic mass is 35.5. The third-order valence-electron chi connectivity index (χ3n) is 3.09. The van der Waals surface area contributed by atoms with Crippen LogP contribution in [0.1, 0.15) is 23.4 Å². The van der Waals surface area contributed by atoms with Gasteiger partial charge in [-0.2, -0.15) is 0 Å². The smallest absolute Gasteiger partial charge is 0.312 e. The van der Waals surface area contributed by atoms with Gasteiger partial charge in [0, 0.05) is 22.6 Å². The summed E-state index contributed by atoms with van der Waals surface area (Å²) in [5.41, 5.74) is 1.58. The van der Waals surface area contributed by atoms with Gasteiger partial charge in [0.2, 0.25) is 0 Å². The minimum atomic E-state index is -0.834. The van der Waals surface area contributed by atoms with Crippen molar-refractivity contribution in [1.82, 2.24) is 4.57 Å². The zero-order valence-corrected chi connectivity index (χ0v) is 13.0. The van der Waals surface area contributed by atoms with Gasteiger partial charge in [-0.15, -0.1) is 11.3 Å². The monoisotopic (exact) mass is 310 g/mol. The average molecular weight is 311 g/mol. The predicted octanol–water partition coefficient (Wildman–Crippen LogP) is 3.47. The lowest BCUT2D eigenvalue weighted by Crippen LogP contribution is -2.18. The number of aliphatic carboxylic acids is 1. The summed E-state index contributed by atoms with van der Waals surface area (Å²) in [7, 11) is 1.84. The largest absolute Gasteiger partial charge is 0.481 e. The van der Waals surface area contributed by atoms with Crippen molar-refractivity contribution in [3.63, 3.8) is 0 Å². The molecule has 0 spiro atoms. The molecule has 0 saturated heterocycles. The number of hydrogen-bond acceptors (Lipinski definition) is 3. The maximum Gasteiger partial charge on any atom is 0.312 e. The molecule has 1 unspecified atom stereocenters. The minimum absolute atomic E-state index is 0.551. The summed E-state index contributed by atoms with van der Waals surface area (Å²) in [4.78, 5) is 17.4. The van der Waals surface area contributed by atoms with Gasteiger partial charge < -0.3 is 9.67 Å². The van der Waals surface area contributed by atoms with Crippen LogP contribution in [0, 0.1) is 6.92 Å². The van der Waals surface area contributed by atoms with E-state index in [4.69, 9.17) is 16.7 Å². The molecule has 0 aliphatic rings. The van der Waals surface area contributed by atoms with Crippen LogP contribution in [0.15, 0.2) is 29.3 Å². The van der Waals surface area contributed by atoms with E-state index in [1.165, 1.54) is 11.3 Å². The van der Waals surface area contributed by atoms with E-state index in [9.17, 15) is 4.79 Å². The van der Waals surface area contributed by atoms with Gasteiger partial charge in [-0.1, -0.05) is 11.6 Å². The molecule has 2 aromatic rings. The molecule has 0 aliphatic carbocycles. The molecule has 0 saturated carbocycles. The van der Waals surface area contributed by atoms with E-state index in [0.717, 1.165) is 21.1 Å². The lowest BCUT2D eigenvalue weighted by atomic mass is 10.1. The molecule has 0 radical (unpaired) electrons. The minimum Gasteiger partial charge on any atom is -0.481 e. The number of hydrogen-bond donors (Lipinski definition) is 1. The van der Waals surface area contributed by atoms with E-state index in [1.54, 1.807) is 19.1 Å². The van der Waals surface area contributed by atoms with Gasteiger partial charge in [-0.05, 0) is 38.1 Å². The highest BCUT2D eigenvalue weighted by Crippen LogP contribution is 2.22. The van der Waals surface area contributed by atoms with Crippen LogP contribution >= 0.6 is 22.9 Å². The number of aryl methyl sites for hydroxylation is 1. The van der Waals surface area contributed by atoms with E-state index < -0.39 is 11.9 Å². The van der Waals surface area contributed by atoms with Crippen molar-refractivity contribution < 1.29 is 9.90 Å². The van der Waals surface area contributed by atoms with Crippen LogP contribution in [0.25, 0.3) is 0 Å². The van der Waals surface area contributed by atoms with Gasteiger partial charge in [0.05, 0.1) is 11.6 Å². The Kier molecular flexibility index (Phi) is 4.30. The number of carboxylic acid groups (broad SMARTS) is 1. The fraction of sp³-hybridized carbons (Fsp3) is 0.286. The first-order valence-electron chi connectivity index (χ1n) is 6.09. The zero-order chi connectivity index (χ0) is 14.9. The summed E-state index contributed by atoms with van der Waals surface area (Å²) >= 11 is 7.33. The van der Waals surface area contributed by atoms with Gasteiger partial charge in [-0.3, -0.25) is 4.79 Å². The van der Waals surface area contributed by atoms with Gasteiger partial charge in [0.15, 0.2) is 4.80 Å². The zero-order valence-electron chi connectivity index (χ0n) is 11.4. The fourth-order valence-electron chi connectivity index (χ4n) is 2.03. The molecule has 1 atom stereocenters. The summed E-state index contributed by atoms with van der Waals surface area (Å²) in [6.07, 6.45) is 0. The Morgan fingerprint density at radius 2 is 2.00 bits per heavy atom. The lowest BCUT2D eigenvalue weighted by Gasteiger charge is -2.08. The highest BCUT2D eigenvalue weighted by Gasteiger charge is 2.20. The van der Waals surface area contributed by atoms with Crippen LogP contribution < -0.4 is 4.80 Å². The molecule has 6 heteroatoms. The normalized spacial score (nSPS) is 13.5. The summed E-state index contributed by atoms with van der Waals surface area (Å²) in [6, 6.07) is 7.22. The first kappa shape index (κ1) is 14.8. The second kappa shape index (κ2) is 5.81. The van der Waals surface area contributed by atoms with Crippen molar-refractivity contribution in [2.75, 3.05) is 0 Å². The molecule has 2 rings (SSSR count). The van der Waals surface area contributed by atoms with Crippen LogP contribution in [0.2, 0.25) is 5.02 Å². The molecule has 0 fully saturated rings. The number of rotatable bonds is 3. The maximum atomic E-state index is 11.2. The highest BCUT2D eigenvalue weighted by molar-refractivity contribution is 7.09. The number of halogens is 1. The topological polar surface area (TPSA) is 54.6 Å². The number of thiazole rings is 1. The molecule has 106 valence electrons. The molecule has 0 amide bonds. The van der Waals surface area contributed by atoms with Gasteiger partial charge in [0.25, 0.3) is 0 Å². The van der Waals surface area contributed by atoms with Crippen molar-refractivity contribution in [3.8, 4) is 0 Å². The van der Waals surface area contributed by atoms with Crippen molar-refractivity contribution in [2.24, 2.45) is 12.0 Å². The van der Waals surface area contributed by atoms with Crippen molar-refractivity contribution in [2.45, 2.75) is 19.8 Å². The van der Waals surface area contributed by atoms with Crippen LogP contribution in [0.3, 0.4) is 0 Å². The van der Waals surface area contributed by atoms with Crippen LogP contribution in [-0.4, -0.2) is 15.6 Å². The van der Waals surface area contributed by atoms with Crippen LogP contribution in [0.5, 0.6) is 0 Å². The van der Waals surface area contributed by atoms with Gasteiger partial charge >= 0.3 is 5.97 Å². The van der Waals surface area contributed by atoms with Crippen molar-refractivity contribution in [1.29, 1.82) is 0 Å². The summed E-state index contributed by atoms with van der Waals surface area (Å²) in [5, 5.41) is 9.82. The number of carbonyl (C=O) groups is 1. The van der Waals surface area contributed by atoms with Crippen molar-refractivity contribution in [3.05, 3.63) is 44.7 Å². The molecule has 1 aromatic carbocycles. The molecule has 4 nitrogen and oxygen atoms in total. The molecule has 1 aromatic heterocycles. The second-order valence-corrected chi connectivity index (χ2v) is 6.15. The fourth-order valence-corrected chi connectivity index (χ4v) is 3.24. The summed E-state index contributed by atoms with van der Waals surface area (Å²) in [5.74, 6) is -1.38. The molecular weight excluding hydrogens is 296 g/mol. The Hall–Kier alpha value is -1.59. The number of aromatic nitrogens is 1. The van der Waals surface area contributed by atoms with Crippen molar-refractivity contribution >= 4 is 34.6 Å². The first-order valence-corrected chi connectivity index (χ1v) is 7.29. The Balaban J connectivity index is 2.51. The average Bonchev–Trinajstić information content (AvgIpc) is 2.66. The van der Waals surface area contributed by atoms with Gasteiger partial charge in [-0.25, -0.2) is 4.99 Å². The Bertz CT molecular complexity index is 701. The molecule has 0 aliphatic heterocycles. The molecule has 1 heterocycles. The van der Waals surface area contributed by atoms with Gasteiger partial charge in [0.1, 0.15) is 0 Å². The predicted molar refractivity (Wildman–Crippen MR) is 80.8 cm³/mol. The molecule has 1 N–H and O–H groups in total. The van der Waals surface area contributed by atoms with E-state index in [0.29, 0.717) is 5.02 Å². The Morgan fingerprint density at radius 3 is 2.55 bits per heavy atom. The molecule has 20 heavy (non-hydrogen) atoms. The van der Waals surface area contributed by atoms with Crippen LogP contribution in [0.4, 0.5) is 5.69 Å². The lowest BCUT2D eigenvalue weighted by molar-refractivity contribution is -0.138. The van der Waals surface area contributed by atoms with E-state index in [-0.39, 0.29) is 0 Å². The van der Waals surface area contributed by atoms with E-state index in [1.807, 2.05) is 30.7 Å². The summed E-state index contributed by atoms with van der Waals surface area (Å²) < 4.78 is 1.84. The number of carboxylic acids is 1. The number of benzene rings is 1. The summed E-state index contributed by atoms with van der Waals surface area (Å²) in [6.45, 7) is 3.60. The Labute approximate surface area is 126 Å². The van der Waals surface area contributed by atoms with Crippen LogP contribution in [-0.2, 0) is 11.8 Å².